The summed E-state index contributed by atoms with van der Waals surface area (Å²) in [5.74, 6) is -0.780. The van der Waals surface area contributed by atoms with Crippen LogP contribution in [0.3, 0.4) is 0 Å². The van der Waals surface area contributed by atoms with Gasteiger partial charge in [0.15, 0.2) is 5.78 Å². The lowest BCUT2D eigenvalue weighted by Crippen LogP contribution is -2.23. The molecule has 0 unspecified atom stereocenters. The van der Waals surface area contributed by atoms with Crippen molar-refractivity contribution in [2.75, 3.05) is 0 Å². The molecule has 0 bridgehead atoms. The van der Waals surface area contributed by atoms with Crippen LogP contribution < -0.4 is 5.56 Å². The summed E-state index contributed by atoms with van der Waals surface area (Å²) in [4.78, 5) is 25.4. The Morgan fingerprint density at radius 3 is 2.63 bits per heavy atom. The van der Waals surface area contributed by atoms with Crippen molar-refractivity contribution in [1.29, 1.82) is 5.26 Å². The molecule has 2 aromatic carbocycles. The molecule has 3 rings (SSSR count). The van der Waals surface area contributed by atoms with Crippen LogP contribution in [-0.4, -0.2) is 15.5 Å². The van der Waals surface area contributed by atoms with Gasteiger partial charge in [0.1, 0.15) is 17.4 Å². The van der Waals surface area contributed by atoms with E-state index in [1.165, 1.54) is 24.4 Å². The molecular formula is C19H9BrCl2N2O3. The van der Waals surface area contributed by atoms with Gasteiger partial charge >= 0.3 is 0 Å². The number of halogens is 3. The van der Waals surface area contributed by atoms with E-state index in [4.69, 9.17) is 23.2 Å². The average molecular weight is 464 g/mol. The molecule has 0 aliphatic carbocycles. The molecule has 134 valence electrons. The van der Waals surface area contributed by atoms with E-state index in [9.17, 15) is 20.0 Å². The summed E-state index contributed by atoms with van der Waals surface area (Å²) >= 11 is 15.4. The van der Waals surface area contributed by atoms with Gasteiger partial charge in [-0.05, 0) is 36.4 Å². The fraction of sp³-hybridized carbons (Fsp3) is 0. The Kier molecular flexibility index (Phi) is 5.38. The number of nitriles is 1. The maximum absolute atomic E-state index is 12.9. The molecule has 0 spiro atoms. The number of aromatic nitrogens is 1. The van der Waals surface area contributed by atoms with E-state index in [1.54, 1.807) is 30.3 Å². The van der Waals surface area contributed by atoms with E-state index in [0.29, 0.717) is 4.47 Å². The Balaban J connectivity index is 2.26. The van der Waals surface area contributed by atoms with E-state index in [1.807, 2.05) is 0 Å². The van der Waals surface area contributed by atoms with Crippen LogP contribution in [0.15, 0.2) is 57.9 Å². The molecule has 1 N–H and O–H groups in total. The van der Waals surface area contributed by atoms with Crippen molar-refractivity contribution in [2.24, 2.45) is 0 Å². The monoisotopic (exact) mass is 462 g/mol. The maximum atomic E-state index is 12.9. The first-order valence-corrected chi connectivity index (χ1v) is 9.02. The lowest BCUT2D eigenvalue weighted by atomic mass is 10.0. The molecule has 0 amide bonds. The number of rotatable bonds is 3. The van der Waals surface area contributed by atoms with Crippen molar-refractivity contribution in [1.82, 2.24) is 4.57 Å². The number of ketones is 1. The molecule has 0 saturated heterocycles. The number of phenols is 1. The smallest absolute Gasteiger partial charge is 0.273 e. The number of carbonyl (C=O) groups is 1. The first kappa shape index (κ1) is 19.2. The van der Waals surface area contributed by atoms with Crippen molar-refractivity contribution < 1.29 is 9.90 Å². The number of aromatic hydroxyl groups is 1. The van der Waals surface area contributed by atoms with Gasteiger partial charge in [0, 0.05) is 16.2 Å². The zero-order chi connectivity index (χ0) is 19.7. The number of nitrogens with zero attached hydrogens (tertiary/aromatic N) is 2. The second kappa shape index (κ2) is 7.57. The van der Waals surface area contributed by atoms with Crippen LogP contribution in [0.2, 0.25) is 10.0 Å². The second-order valence-corrected chi connectivity index (χ2v) is 7.19. The molecule has 1 aromatic heterocycles. The van der Waals surface area contributed by atoms with Crippen molar-refractivity contribution in [2.45, 2.75) is 0 Å². The summed E-state index contributed by atoms with van der Waals surface area (Å²) < 4.78 is 1.69. The topological polar surface area (TPSA) is 83.1 Å². The van der Waals surface area contributed by atoms with Crippen molar-refractivity contribution >= 4 is 44.9 Å². The standard InChI is InChI=1S/C19H9BrCl2N2O3/c20-12-4-5-16(25)13(7-12)18(26)11-6-10(8-23)19(27)24(9-11)15-3-1-2-14(21)17(15)22/h1-7,9,25H. The lowest BCUT2D eigenvalue weighted by Gasteiger charge is -2.12. The number of phenolic OH excluding ortho intramolecular Hbond substituents is 1. The largest absolute Gasteiger partial charge is 0.507 e. The Hall–Kier alpha value is -2.59. The third-order valence-electron chi connectivity index (χ3n) is 3.79. The highest BCUT2D eigenvalue weighted by atomic mass is 79.9. The van der Waals surface area contributed by atoms with Gasteiger partial charge in [-0.3, -0.25) is 14.2 Å². The van der Waals surface area contributed by atoms with Crippen LogP contribution in [0.25, 0.3) is 5.69 Å². The van der Waals surface area contributed by atoms with Crippen molar-refractivity contribution in [3.05, 3.63) is 90.2 Å². The Morgan fingerprint density at radius 2 is 1.93 bits per heavy atom. The highest BCUT2D eigenvalue weighted by Crippen LogP contribution is 2.29. The van der Waals surface area contributed by atoms with Crippen molar-refractivity contribution in [3.63, 3.8) is 0 Å². The Morgan fingerprint density at radius 1 is 1.19 bits per heavy atom. The zero-order valence-electron chi connectivity index (χ0n) is 13.4. The molecule has 0 radical (unpaired) electrons. The third kappa shape index (κ3) is 3.62. The summed E-state index contributed by atoms with van der Waals surface area (Å²) in [5, 5.41) is 19.6. The van der Waals surface area contributed by atoms with Crippen LogP contribution in [0.4, 0.5) is 0 Å². The minimum atomic E-state index is -0.642. The summed E-state index contributed by atoms with van der Waals surface area (Å²) in [6, 6.07) is 12.1. The van der Waals surface area contributed by atoms with Crippen LogP contribution in [0.5, 0.6) is 5.75 Å². The summed E-state index contributed by atoms with van der Waals surface area (Å²) in [6.07, 6.45) is 1.27. The predicted molar refractivity (Wildman–Crippen MR) is 106 cm³/mol. The Labute approximate surface area is 172 Å². The summed E-state index contributed by atoms with van der Waals surface area (Å²) in [6.45, 7) is 0. The highest BCUT2D eigenvalue weighted by molar-refractivity contribution is 9.10. The van der Waals surface area contributed by atoms with E-state index >= 15 is 0 Å². The second-order valence-electron chi connectivity index (χ2n) is 5.49. The molecular weight excluding hydrogens is 455 g/mol. The van der Waals surface area contributed by atoms with Gasteiger partial charge in [0.25, 0.3) is 5.56 Å². The third-order valence-corrected chi connectivity index (χ3v) is 5.10. The number of hydrogen-bond acceptors (Lipinski definition) is 4. The first-order valence-electron chi connectivity index (χ1n) is 7.48. The first-order chi connectivity index (χ1) is 12.8. The van der Waals surface area contributed by atoms with Crippen LogP contribution in [-0.2, 0) is 0 Å². The number of hydrogen-bond donors (Lipinski definition) is 1. The predicted octanol–water partition coefficient (Wildman–Crippen LogP) is 4.72. The molecule has 0 aliphatic rings. The van der Waals surface area contributed by atoms with Crippen LogP contribution in [0.1, 0.15) is 21.5 Å². The van der Waals surface area contributed by atoms with Crippen molar-refractivity contribution in [3.8, 4) is 17.5 Å². The molecule has 0 aliphatic heterocycles. The van der Waals surface area contributed by atoms with Gasteiger partial charge < -0.3 is 5.11 Å². The molecule has 0 saturated carbocycles. The molecule has 1 heterocycles. The van der Waals surface area contributed by atoms with Gasteiger partial charge in [-0.1, -0.05) is 45.2 Å². The van der Waals surface area contributed by atoms with Gasteiger partial charge in [0.2, 0.25) is 0 Å². The normalized spacial score (nSPS) is 10.4. The van der Waals surface area contributed by atoms with E-state index in [0.717, 1.165) is 4.57 Å². The molecule has 3 aromatic rings. The molecule has 0 atom stereocenters. The van der Waals surface area contributed by atoms with Crippen LogP contribution in [0, 0.1) is 11.3 Å². The summed E-state index contributed by atoms with van der Waals surface area (Å²) in [7, 11) is 0. The minimum absolute atomic E-state index is 0.0238. The molecule has 0 fully saturated rings. The fourth-order valence-electron chi connectivity index (χ4n) is 2.49. The van der Waals surface area contributed by atoms with E-state index in [-0.39, 0.29) is 38.2 Å². The molecule has 5 nitrogen and oxygen atoms in total. The molecule has 8 heteroatoms. The van der Waals surface area contributed by atoms with E-state index < -0.39 is 11.3 Å². The van der Waals surface area contributed by atoms with Gasteiger partial charge in [-0.2, -0.15) is 5.26 Å². The van der Waals surface area contributed by atoms with E-state index in [2.05, 4.69) is 15.9 Å². The van der Waals surface area contributed by atoms with Gasteiger partial charge in [-0.15, -0.1) is 0 Å². The molecule has 27 heavy (non-hydrogen) atoms. The minimum Gasteiger partial charge on any atom is -0.507 e. The quantitative estimate of drug-likeness (QED) is 0.570. The average Bonchev–Trinajstić information content (AvgIpc) is 2.66. The highest BCUT2D eigenvalue weighted by Gasteiger charge is 2.19. The van der Waals surface area contributed by atoms with Gasteiger partial charge in [0.05, 0.1) is 21.3 Å². The SMILES string of the molecule is N#Cc1cc(C(=O)c2cc(Br)ccc2O)cn(-c2cccc(Cl)c2Cl)c1=O. The van der Waals surface area contributed by atoms with Crippen LogP contribution >= 0.6 is 39.1 Å². The number of benzene rings is 2. The lowest BCUT2D eigenvalue weighted by molar-refractivity contribution is 0.103. The summed E-state index contributed by atoms with van der Waals surface area (Å²) in [5.41, 5.74) is -0.590. The number of pyridine rings is 1. The Bertz CT molecular complexity index is 1180. The number of carbonyl (C=O) groups excluding carboxylic acids is 1. The fourth-order valence-corrected chi connectivity index (χ4v) is 3.24. The van der Waals surface area contributed by atoms with Gasteiger partial charge in [-0.25, -0.2) is 0 Å². The maximum Gasteiger partial charge on any atom is 0.273 e. The zero-order valence-corrected chi connectivity index (χ0v) is 16.5.